The van der Waals surface area contributed by atoms with E-state index in [0.717, 1.165) is 11.1 Å². The number of H-pyrrole nitrogens is 1. The molecule has 12 heavy (non-hydrogen) atoms. The average molecular weight is 229 g/mol. The van der Waals surface area contributed by atoms with Gasteiger partial charge in [-0.05, 0) is 46.9 Å². The standard InChI is InChI=1S/C9H13BrN2/c10-9-5-7(6-12-9)8-3-1-2-4-11-8/h5-6,8,11-12H,1-4H2. The van der Waals surface area contributed by atoms with Gasteiger partial charge in [0, 0.05) is 12.2 Å². The Bertz CT molecular complexity index is 251. The van der Waals surface area contributed by atoms with Crippen molar-refractivity contribution in [3.63, 3.8) is 0 Å². The van der Waals surface area contributed by atoms with Gasteiger partial charge in [-0.15, -0.1) is 0 Å². The smallest absolute Gasteiger partial charge is 0.0823 e. The van der Waals surface area contributed by atoms with E-state index in [4.69, 9.17) is 0 Å². The molecular formula is C9H13BrN2. The van der Waals surface area contributed by atoms with Gasteiger partial charge in [-0.25, -0.2) is 0 Å². The number of hydrogen-bond acceptors (Lipinski definition) is 1. The minimum Gasteiger partial charge on any atom is -0.356 e. The molecule has 1 saturated heterocycles. The summed E-state index contributed by atoms with van der Waals surface area (Å²) in [5, 5.41) is 3.51. The van der Waals surface area contributed by atoms with Crippen LogP contribution in [-0.2, 0) is 0 Å². The van der Waals surface area contributed by atoms with E-state index in [0.29, 0.717) is 6.04 Å². The van der Waals surface area contributed by atoms with Gasteiger partial charge in [0.25, 0.3) is 0 Å². The summed E-state index contributed by atoms with van der Waals surface area (Å²) in [7, 11) is 0. The molecule has 0 saturated carbocycles. The van der Waals surface area contributed by atoms with Crippen LogP contribution in [0, 0.1) is 0 Å². The Labute approximate surface area is 80.9 Å². The van der Waals surface area contributed by atoms with E-state index in [1.165, 1.54) is 24.8 Å². The van der Waals surface area contributed by atoms with Gasteiger partial charge >= 0.3 is 0 Å². The van der Waals surface area contributed by atoms with Crippen LogP contribution in [0.1, 0.15) is 30.9 Å². The zero-order valence-corrected chi connectivity index (χ0v) is 8.52. The minimum atomic E-state index is 0.571. The number of aromatic nitrogens is 1. The van der Waals surface area contributed by atoms with E-state index < -0.39 is 0 Å². The maximum absolute atomic E-state index is 3.51. The van der Waals surface area contributed by atoms with Crippen LogP contribution in [0.3, 0.4) is 0 Å². The summed E-state index contributed by atoms with van der Waals surface area (Å²) in [5.74, 6) is 0. The highest BCUT2D eigenvalue weighted by Gasteiger charge is 2.14. The largest absolute Gasteiger partial charge is 0.356 e. The molecule has 2 N–H and O–H groups in total. The first-order valence-electron chi connectivity index (χ1n) is 4.43. The zero-order valence-electron chi connectivity index (χ0n) is 6.94. The van der Waals surface area contributed by atoms with Gasteiger partial charge in [0.15, 0.2) is 0 Å². The van der Waals surface area contributed by atoms with Crippen LogP contribution in [0.15, 0.2) is 16.9 Å². The summed E-state index contributed by atoms with van der Waals surface area (Å²) in [6.45, 7) is 1.16. The molecule has 0 spiro atoms. The molecule has 0 aliphatic carbocycles. The second kappa shape index (κ2) is 3.62. The molecule has 66 valence electrons. The average Bonchev–Trinajstić information content (AvgIpc) is 2.54. The van der Waals surface area contributed by atoms with E-state index in [2.05, 4.69) is 38.5 Å². The Kier molecular flexibility index (Phi) is 2.51. The molecule has 1 aromatic rings. The molecule has 3 heteroatoms. The van der Waals surface area contributed by atoms with E-state index in [1.807, 2.05) is 0 Å². The highest BCUT2D eigenvalue weighted by Crippen LogP contribution is 2.24. The number of halogens is 1. The SMILES string of the molecule is Brc1cc(C2CCCCN2)c[nH]1. The summed E-state index contributed by atoms with van der Waals surface area (Å²) in [6, 6.07) is 2.73. The second-order valence-electron chi connectivity index (χ2n) is 3.28. The van der Waals surface area contributed by atoms with Gasteiger partial charge < -0.3 is 10.3 Å². The van der Waals surface area contributed by atoms with Crippen molar-refractivity contribution in [1.29, 1.82) is 0 Å². The summed E-state index contributed by atoms with van der Waals surface area (Å²) in [6.07, 6.45) is 6.01. The third-order valence-corrected chi connectivity index (χ3v) is 2.84. The first-order chi connectivity index (χ1) is 5.86. The summed E-state index contributed by atoms with van der Waals surface area (Å²) < 4.78 is 1.07. The van der Waals surface area contributed by atoms with E-state index in [-0.39, 0.29) is 0 Å². The lowest BCUT2D eigenvalue weighted by atomic mass is 10.0. The molecule has 0 amide bonds. The molecule has 2 rings (SSSR count). The minimum absolute atomic E-state index is 0.571. The Hall–Kier alpha value is -0.280. The molecule has 1 aromatic heterocycles. The van der Waals surface area contributed by atoms with Crippen molar-refractivity contribution in [2.24, 2.45) is 0 Å². The molecule has 0 aromatic carbocycles. The molecule has 1 atom stereocenters. The molecule has 2 nitrogen and oxygen atoms in total. The van der Waals surface area contributed by atoms with Crippen LogP contribution in [0.4, 0.5) is 0 Å². The Balaban J connectivity index is 2.08. The van der Waals surface area contributed by atoms with Crippen LogP contribution in [0.25, 0.3) is 0 Å². The second-order valence-corrected chi connectivity index (χ2v) is 4.14. The number of rotatable bonds is 1. The maximum atomic E-state index is 3.51. The predicted octanol–water partition coefficient (Wildman–Crippen LogP) is 2.59. The Morgan fingerprint density at radius 3 is 2.92 bits per heavy atom. The van der Waals surface area contributed by atoms with Gasteiger partial charge in [-0.1, -0.05) is 6.42 Å². The number of hydrogen-bond donors (Lipinski definition) is 2. The highest BCUT2D eigenvalue weighted by molar-refractivity contribution is 9.10. The molecule has 1 aliphatic rings. The fourth-order valence-corrected chi connectivity index (χ4v) is 2.10. The van der Waals surface area contributed by atoms with Crippen LogP contribution < -0.4 is 5.32 Å². The number of nitrogens with one attached hydrogen (secondary N) is 2. The lowest BCUT2D eigenvalue weighted by molar-refractivity contribution is 0.412. The number of aromatic amines is 1. The third-order valence-electron chi connectivity index (χ3n) is 2.38. The van der Waals surface area contributed by atoms with Crippen molar-refractivity contribution in [1.82, 2.24) is 10.3 Å². The fourth-order valence-electron chi connectivity index (χ4n) is 1.72. The normalized spacial score (nSPS) is 24.2. The monoisotopic (exact) mass is 228 g/mol. The molecule has 1 fully saturated rings. The lowest BCUT2D eigenvalue weighted by Crippen LogP contribution is -2.26. The number of piperidine rings is 1. The van der Waals surface area contributed by atoms with Crippen molar-refractivity contribution < 1.29 is 0 Å². The maximum Gasteiger partial charge on any atom is 0.0823 e. The highest BCUT2D eigenvalue weighted by atomic mass is 79.9. The van der Waals surface area contributed by atoms with Crippen molar-refractivity contribution >= 4 is 15.9 Å². The molecule has 1 unspecified atom stereocenters. The van der Waals surface area contributed by atoms with Crippen LogP contribution in [0.2, 0.25) is 0 Å². The third kappa shape index (κ3) is 1.72. The molecule has 0 bridgehead atoms. The van der Waals surface area contributed by atoms with Crippen molar-refractivity contribution in [2.45, 2.75) is 25.3 Å². The van der Waals surface area contributed by atoms with Crippen LogP contribution >= 0.6 is 15.9 Å². The van der Waals surface area contributed by atoms with Crippen molar-refractivity contribution in [3.05, 3.63) is 22.4 Å². The Morgan fingerprint density at radius 1 is 1.42 bits per heavy atom. The quantitative estimate of drug-likeness (QED) is 0.761. The fraction of sp³-hybridized carbons (Fsp3) is 0.556. The molecular weight excluding hydrogens is 216 g/mol. The van der Waals surface area contributed by atoms with Gasteiger partial charge in [0.2, 0.25) is 0 Å². The molecule has 0 radical (unpaired) electrons. The zero-order chi connectivity index (χ0) is 8.39. The topological polar surface area (TPSA) is 27.8 Å². The summed E-state index contributed by atoms with van der Waals surface area (Å²) >= 11 is 3.42. The molecule has 1 aliphatic heterocycles. The van der Waals surface area contributed by atoms with E-state index in [9.17, 15) is 0 Å². The van der Waals surface area contributed by atoms with Crippen LogP contribution in [-0.4, -0.2) is 11.5 Å². The van der Waals surface area contributed by atoms with E-state index in [1.54, 1.807) is 0 Å². The first kappa shape index (κ1) is 8.32. The van der Waals surface area contributed by atoms with Crippen molar-refractivity contribution in [2.75, 3.05) is 6.54 Å². The summed E-state index contributed by atoms with van der Waals surface area (Å²) in [4.78, 5) is 3.14. The molecule has 2 heterocycles. The van der Waals surface area contributed by atoms with E-state index >= 15 is 0 Å². The summed E-state index contributed by atoms with van der Waals surface area (Å²) in [5.41, 5.74) is 1.38. The van der Waals surface area contributed by atoms with Gasteiger partial charge in [-0.2, -0.15) is 0 Å². The predicted molar refractivity (Wildman–Crippen MR) is 53.1 cm³/mol. The lowest BCUT2D eigenvalue weighted by Gasteiger charge is -2.22. The van der Waals surface area contributed by atoms with Crippen molar-refractivity contribution in [3.8, 4) is 0 Å². The first-order valence-corrected chi connectivity index (χ1v) is 5.23. The van der Waals surface area contributed by atoms with Gasteiger partial charge in [-0.3, -0.25) is 0 Å². The van der Waals surface area contributed by atoms with Crippen LogP contribution in [0.5, 0.6) is 0 Å². The Morgan fingerprint density at radius 2 is 2.33 bits per heavy atom. The van der Waals surface area contributed by atoms with Gasteiger partial charge in [0.1, 0.15) is 0 Å². The van der Waals surface area contributed by atoms with Gasteiger partial charge in [0.05, 0.1) is 4.60 Å².